The maximum Gasteiger partial charge on any atom is -0.00773 e. The van der Waals surface area contributed by atoms with Gasteiger partial charge in [-0.05, 0) is 49.3 Å². The molecule has 0 aromatic heterocycles. The van der Waals surface area contributed by atoms with Crippen LogP contribution in [-0.2, 0) is 12.8 Å². The fourth-order valence-corrected chi connectivity index (χ4v) is 4.16. The molecule has 28 heavy (non-hydrogen) atoms. The van der Waals surface area contributed by atoms with E-state index in [4.69, 9.17) is 5.73 Å². The largest absolute Gasteiger partial charge is 0.330 e. The van der Waals surface area contributed by atoms with Crippen LogP contribution in [0.2, 0.25) is 0 Å². The van der Waals surface area contributed by atoms with Crippen LogP contribution in [0, 0.1) is 5.92 Å². The molecule has 0 unspecified atom stereocenters. The smallest absolute Gasteiger partial charge is 0.00773 e. The van der Waals surface area contributed by atoms with Gasteiger partial charge in [-0.15, -0.1) is 0 Å². The molecular weight excluding hydrogens is 338 g/mol. The van der Waals surface area contributed by atoms with Crippen molar-refractivity contribution in [1.29, 1.82) is 0 Å². The van der Waals surface area contributed by atoms with Gasteiger partial charge < -0.3 is 5.73 Å². The summed E-state index contributed by atoms with van der Waals surface area (Å²) in [4.78, 5) is 0. The Morgan fingerprint density at radius 3 is 1.32 bits per heavy atom. The van der Waals surface area contributed by atoms with Crippen molar-refractivity contribution in [1.82, 2.24) is 0 Å². The molecule has 0 amide bonds. The van der Waals surface area contributed by atoms with Crippen LogP contribution in [0.5, 0.6) is 0 Å². The highest BCUT2D eigenvalue weighted by atomic mass is 14.5. The van der Waals surface area contributed by atoms with E-state index in [0.717, 1.165) is 12.5 Å². The molecular formula is C27H41N. The summed E-state index contributed by atoms with van der Waals surface area (Å²) in [7, 11) is 0. The predicted octanol–water partition coefficient (Wildman–Crippen LogP) is 7.34. The first-order valence-electron chi connectivity index (χ1n) is 11.7. The third kappa shape index (κ3) is 10.7. The van der Waals surface area contributed by atoms with Crippen molar-refractivity contribution in [2.24, 2.45) is 11.7 Å². The van der Waals surface area contributed by atoms with Crippen LogP contribution in [0.15, 0.2) is 60.7 Å². The van der Waals surface area contributed by atoms with Gasteiger partial charge in [0.25, 0.3) is 0 Å². The first-order chi connectivity index (χ1) is 13.9. The number of nitrogens with two attached hydrogens (primary N) is 1. The Hall–Kier alpha value is -1.60. The molecule has 2 aromatic carbocycles. The summed E-state index contributed by atoms with van der Waals surface area (Å²) in [6.45, 7) is 0.857. The van der Waals surface area contributed by atoms with E-state index in [1.165, 1.54) is 94.6 Å². The minimum absolute atomic E-state index is 0.757. The summed E-state index contributed by atoms with van der Waals surface area (Å²) in [5.74, 6) is 0.757. The van der Waals surface area contributed by atoms with Gasteiger partial charge in [0.1, 0.15) is 0 Å². The summed E-state index contributed by atoms with van der Waals surface area (Å²) in [6, 6.07) is 22.1. The molecule has 2 N–H and O–H groups in total. The highest BCUT2D eigenvalue weighted by molar-refractivity contribution is 5.18. The van der Waals surface area contributed by atoms with Gasteiger partial charge >= 0.3 is 0 Å². The standard InChI is InChI=1S/C27H41N/c28-22-16-8-6-4-2-1-3-5-7-11-21-27(23-25-17-12-9-13-18-25)24-26-19-14-10-15-20-26/h9-10,12-15,17-20,27H,1-8,11,16,21-24,28H2. The van der Waals surface area contributed by atoms with Gasteiger partial charge in [-0.25, -0.2) is 0 Å². The molecule has 0 aliphatic heterocycles. The second kappa shape index (κ2) is 15.3. The van der Waals surface area contributed by atoms with Crippen LogP contribution in [0.4, 0.5) is 0 Å². The van der Waals surface area contributed by atoms with Crippen LogP contribution in [-0.4, -0.2) is 6.54 Å². The summed E-state index contributed by atoms with van der Waals surface area (Å²) in [5.41, 5.74) is 8.51. The predicted molar refractivity (Wildman–Crippen MR) is 124 cm³/mol. The molecule has 0 saturated carbocycles. The molecule has 0 aliphatic carbocycles. The normalized spacial score (nSPS) is 11.2. The van der Waals surface area contributed by atoms with E-state index < -0.39 is 0 Å². The Labute approximate surface area is 173 Å². The zero-order chi connectivity index (χ0) is 19.7. The van der Waals surface area contributed by atoms with Crippen molar-refractivity contribution in [2.45, 2.75) is 83.5 Å². The second-order valence-electron chi connectivity index (χ2n) is 8.36. The molecule has 0 saturated heterocycles. The molecule has 0 heterocycles. The maximum absolute atomic E-state index is 5.54. The molecule has 0 radical (unpaired) electrons. The lowest BCUT2D eigenvalue weighted by molar-refractivity contribution is 0.444. The van der Waals surface area contributed by atoms with Gasteiger partial charge in [0.2, 0.25) is 0 Å². The van der Waals surface area contributed by atoms with Crippen LogP contribution in [0.3, 0.4) is 0 Å². The van der Waals surface area contributed by atoms with Crippen molar-refractivity contribution in [2.75, 3.05) is 6.54 Å². The van der Waals surface area contributed by atoms with Gasteiger partial charge in [-0.2, -0.15) is 0 Å². The van der Waals surface area contributed by atoms with E-state index in [1.54, 1.807) is 0 Å². The third-order valence-electron chi connectivity index (χ3n) is 5.80. The SMILES string of the molecule is NCCCCCCCCCCCCC(Cc1ccccc1)Cc1ccccc1. The van der Waals surface area contributed by atoms with E-state index in [1.807, 2.05) is 0 Å². The first-order valence-corrected chi connectivity index (χ1v) is 11.7. The lowest BCUT2D eigenvalue weighted by Gasteiger charge is -2.17. The Bertz CT molecular complexity index is 536. The lowest BCUT2D eigenvalue weighted by atomic mass is 9.88. The fraction of sp³-hybridized carbons (Fsp3) is 0.556. The summed E-state index contributed by atoms with van der Waals surface area (Å²) < 4.78 is 0. The van der Waals surface area contributed by atoms with Crippen molar-refractivity contribution in [3.05, 3.63) is 71.8 Å². The number of hydrogen-bond acceptors (Lipinski definition) is 1. The Morgan fingerprint density at radius 2 is 0.893 bits per heavy atom. The molecule has 154 valence electrons. The van der Waals surface area contributed by atoms with Gasteiger partial charge in [-0.1, -0.05) is 118 Å². The van der Waals surface area contributed by atoms with Gasteiger partial charge in [-0.3, -0.25) is 0 Å². The molecule has 0 atom stereocenters. The van der Waals surface area contributed by atoms with E-state index in [0.29, 0.717) is 0 Å². The quantitative estimate of drug-likeness (QED) is 0.303. The van der Waals surface area contributed by atoms with E-state index in [2.05, 4.69) is 60.7 Å². The molecule has 0 aliphatic rings. The second-order valence-corrected chi connectivity index (χ2v) is 8.36. The molecule has 2 rings (SSSR count). The Balaban J connectivity index is 1.62. The van der Waals surface area contributed by atoms with E-state index in [-0.39, 0.29) is 0 Å². The zero-order valence-electron chi connectivity index (χ0n) is 17.8. The van der Waals surface area contributed by atoms with Gasteiger partial charge in [0, 0.05) is 0 Å². The monoisotopic (exact) mass is 379 g/mol. The summed E-state index contributed by atoms with van der Waals surface area (Å²) >= 11 is 0. The van der Waals surface area contributed by atoms with Crippen molar-refractivity contribution in [3.8, 4) is 0 Å². The first kappa shape index (κ1) is 22.7. The van der Waals surface area contributed by atoms with Crippen LogP contribution in [0.25, 0.3) is 0 Å². The van der Waals surface area contributed by atoms with Gasteiger partial charge in [0.15, 0.2) is 0 Å². The zero-order valence-corrected chi connectivity index (χ0v) is 17.8. The molecule has 1 heteroatoms. The average Bonchev–Trinajstić information content (AvgIpc) is 2.73. The van der Waals surface area contributed by atoms with Crippen LogP contribution >= 0.6 is 0 Å². The lowest BCUT2D eigenvalue weighted by Crippen LogP contribution is -2.08. The van der Waals surface area contributed by atoms with Gasteiger partial charge in [0.05, 0.1) is 0 Å². The number of hydrogen-bond donors (Lipinski definition) is 1. The third-order valence-corrected chi connectivity index (χ3v) is 5.80. The van der Waals surface area contributed by atoms with Crippen molar-refractivity contribution < 1.29 is 0 Å². The summed E-state index contributed by atoms with van der Waals surface area (Å²) in [6.07, 6.45) is 17.5. The van der Waals surface area contributed by atoms with E-state index >= 15 is 0 Å². The summed E-state index contributed by atoms with van der Waals surface area (Å²) in [5, 5.41) is 0. The highest BCUT2D eigenvalue weighted by Crippen LogP contribution is 2.21. The Morgan fingerprint density at radius 1 is 0.500 bits per heavy atom. The maximum atomic E-state index is 5.54. The minimum Gasteiger partial charge on any atom is -0.330 e. The number of unbranched alkanes of at least 4 members (excludes halogenated alkanes) is 9. The van der Waals surface area contributed by atoms with Crippen LogP contribution in [0.1, 0.15) is 81.8 Å². The van der Waals surface area contributed by atoms with Crippen LogP contribution < -0.4 is 5.73 Å². The molecule has 1 nitrogen and oxygen atoms in total. The van der Waals surface area contributed by atoms with Crippen molar-refractivity contribution in [3.63, 3.8) is 0 Å². The molecule has 0 spiro atoms. The average molecular weight is 380 g/mol. The fourth-order valence-electron chi connectivity index (χ4n) is 4.16. The topological polar surface area (TPSA) is 26.0 Å². The van der Waals surface area contributed by atoms with Crippen molar-refractivity contribution >= 4 is 0 Å². The molecule has 2 aromatic rings. The Kier molecular flexibility index (Phi) is 12.4. The molecule has 0 fully saturated rings. The number of rotatable bonds is 16. The highest BCUT2D eigenvalue weighted by Gasteiger charge is 2.11. The van der Waals surface area contributed by atoms with E-state index in [9.17, 15) is 0 Å². The molecule has 0 bridgehead atoms. The minimum atomic E-state index is 0.757. The number of benzene rings is 2.